The maximum absolute atomic E-state index is 12.5. The molecule has 2 aromatic carbocycles. The Morgan fingerprint density at radius 1 is 1.23 bits per heavy atom. The number of amides is 2. The van der Waals surface area contributed by atoms with Gasteiger partial charge in [-0.1, -0.05) is 30.3 Å². The Kier molecular flexibility index (Phi) is 6.22. The molecule has 1 N–H and O–H groups in total. The molecular formula is C20H21ClN2O2S. The Labute approximate surface area is 162 Å². The van der Waals surface area contributed by atoms with Gasteiger partial charge in [0.1, 0.15) is 5.37 Å². The molecule has 0 saturated carbocycles. The van der Waals surface area contributed by atoms with E-state index in [0.29, 0.717) is 24.5 Å². The number of carbonyl (C=O) groups excluding carboxylic acids is 2. The van der Waals surface area contributed by atoms with Crippen LogP contribution in [0.5, 0.6) is 0 Å². The number of hydrogen-bond donors (Lipinski definition) is 1. The van der Waals surface area contributed by atoms with Crippen LogP contribution in [0.1, 0.15) is 29.3 Å². The first-order valence-corrected chi connectivity index (χ1v) is 10.1. The number of benzene rings is 2. The van der Waals surface area contributed by atoms with Crippen molar-refractivity contribution in [3.63, 3.8) is 0 Å². The summed E-state index contributed by atoms with van der Waals surface area (Å²) >= 11 is 7.24. The number of anilines is 2. The summed E-state index contributed by atoms with van der Waals surface area (Å²) in [4.78, 5) is 26.1. The quantitative estimate of drug-likeness (QED) is 0.727. The fraction of sp³-hybridized carbons (Fsp3) is 0.300. The zero-order valence-corrected chi connectivity index (χ0v) is 16.1. The summed E-state index contributed by atoms with van der Waals surface area (Å²) in [5, 5.41) is 2.82. The molecule has 0 unspecified atom stereocenters. The molecule has 1 aliphatic rings. The number of para-hydroxylation sites is 1. The van der Waals surface area contributed by atoms with Gasteiger partial charge in [-0.05, 0) is 42.7 Å². The van der Waals surface area contributed by atoms with Gasteiger partial charge in [0.05, 0.1) is 5.75 Å². The lowest BCUT2D eigenvalue weighted by Gasteiger charge is -2.26. The molecule has 4 nitrogen and oxygen atoms in total. The van der Waals surface area contributed by atoms with Crippen LogP contribution in [-0.4, -0.2) is 23.4 Å². The summed E-state index contributed by atoms with van der Waals surface area (Å²) < 4.78 is 0. The van der Waals surface area contributed by atoms with Crippen LogP contribution < -0.4 is 10.2 Å². The van der Waals surface area contributed by atoms with E-state index in [1.165, 1.54) is 0 Å². The minimum absolute atomic E-state index is 0.0367. The Hall–Kier alpha value is -1.98. The smallest absolute Gasteiger partial charge is 0.238 e. The van der Waals surface area contributed by atoms with E-state index in [-0.39, 0.29) is 17.2 Å². The van der Waals surface area contributed by atoms with E-state index >= 15 is 0 Å². The van der Waals surface area contributed by atoms with Crippen LogP contribution in [-0.2, 0) is 9.59 Å². The third-order valence-corrected chi connectivity index (χ3v) is 5.74. The van der Waals surface area contributed by atoms with Crippen molar-refractivity contribution < 1.29 is 9.59 Å². The van der Waals surface area contributed by atoms with Crippen molar-refractivity contribution in [2.75, 3.05) is 21.8 Å². The van der Waals surface area contributed by atoms with Crippen LogP contribution in [0.15, 0.2) is 48.5 Å². The molecule has 0 aromatic heterocycles. The lowest BCUT2D eigenvalue weighted by molar-refractivity contribution is -0.116. The molecule has 6 heteroatoms. The average Bonchev–Trinajstić information content (AvgIpc) is 3.02. The zero-order chi connectivity index (χ0) is 18.5. The molecule has 1 aliphatic heterocycles. The van der Waals surface area contributed by atoms with Crippen molar-refractivity contribution in [3.05, 3.63) is 59.7 Å². The molecule has 0 spiro atoms. The van der Waals surface area contributed by atoms with Crippen molar-refractivity contribution in [2.24, 2.45) is 0 Å². The number of aryl methyl sites for hydroxylation is 1. The highest BCUT2D eigenvalue weighted by atomic mass is 35.5. The second-order valence-corrected chi connectivity index (χ2v) is 7.62. The molecule has 26 heavy (non-hydrogen) atoms. The van der Waals surface area contributed by atoms with E-state index in [4.69, 9.17) is 11.6 Å². The van der Waals surface area contributed by atoms with Gasteiger partial charge in [-0.15, -0.1) is 23.4 Å². The number of nitrogens with one attached hydrogen (secondary N) is 1. The lowest BCUT2D eigenvalue weighted by atomic mass is 10.1. The summed E-state index contributed by atoms with van der Waals surface area (Å²) in [6.45, 7) is 2.02. The van der Waals surface area contributed by atoms with Crippen LogP contribution in [0.25, 0.3) is 0 Å². The molecule has 2 aromatic rings. The van der Waals surface area contributed by atoms with Crippen LogP contribution in [0.4, 0.5) is 11.4 Å². The molecule has 136 valence electrons. The molecule has 0 radical (unpaired) electrons. The van der Waals surface area contributed by atoms with Gasteiger partial charge in [0, 0.05) is 23.7 Å². The molecule has 0 aliphatic carbocycles. The van der Waals surface area contributed by atoms with Crippen LogP contribution in [0.2, 0.25) is 0 Å². The van der Waals surface area contributed by atoms with Gasteiger partial charge < -0.3 is 5.32 Å². The zero-order valence-electron chi connectivity index (χ0n) is 14.6. The van der Waals surface area contributed by atoms with Gasteiger partial charge in [-0.25, -0.2) is 0 Å². The highest BCUT2D eigenvalue weighted by Gasteiger charge is 2.34. The van der Waals surface area contributed by atoms with Gasteiger partial charge in [0.25, 0.3) is 0 Å². The van der Waals surface area contributed by atoms with Crippen LogP contribution in [0.3, 0.4) is 0 Å². The van der Waals surface area contributed by atoms with Crippen LogP contribution >= 0.6 is 23.4 Å². The molecule has 1 atom stereocenters. The summed E-state index contributed by atoms with van der Waals surface area (Å²) in [6.07, 6.45) is 1.08. The number of nitrogens with zero attached hydrogens (tertiary/aromatic N) is 1. The van der Waals surface area contributed by atoms with Gasteiger partial charge in [-0.2, -0.15) is 0 Å². The third kappa shape index (κ3) is 4.22. The predicted octanol–water partition coefficient (Wildman–Crippen LogP) is 4.73. The standard InChI is InChI=1S/C20H21ClN2O2S/c1-14-5-2-3-6-17(14)23-19(25)13-26-20(23)15-8-10-16(11-9-15)22-18(24)7-4-12-21/h2-3,5-6,8-11,20H,4,7,12-13H2,1H3,(H,22,24)/t20-/m1/s1. The highest BCUT2D eigenvalue weighted by molar-refractivity contribution is 8.00. The second-order valence-electron chi connectivity index (χ2n) is 6.18. The number of thioether (sulfide) groups is 1. The van der Waals surface area contributed by atoms with E-state index in [1.807, 2.05) is 60.4 Å². The second kappa shape index (κ2) is 8.60. The Bertz CT molecular complexity index is 795. The summed E-state index contributed by atoms with van der Waals surface area (Å²) in [5.41, 5.74) is 3.83. The first-order valence-electron chi connectivity index (χ1n) is 8.55. The Morgan fingerprint density at radius 3 is 2.65 bits per heavy atom. The normalized spacial score (nSPS) is 16.8. The maximum Gasteiger partial charge on any atom is 0.238 e. The van der Waals surface area contributed by atoms with Crippen molar-refractivity contribution in [3.8, 4) is 0 Å². The average molecular weight is 389 g/mol. The van der Waals surface area contributed by atoms with Crippen molar-refractivity contribution in [1.29, 1.82) is 0 Å². The minimum Gasteiger partial charge on any atom is -0.326 e. The fourth-order valence-electron chi connectivity index (χ4n) is 2.95. The number of hydrogen-bond acceptors (Lipinski definition) is 3. The molecule has 2 amide bonds. The molecule has 0 bridgehead atoms. The van der Waals surface area contributed by atoms with Gasteiger partial charge in [-0.3, -0.25) is 14.5 Å². The molecule has 3 rings (SSSR count). The minimum atomic E-state index is -0.0513. The molecular weight excluding hydrogens is 368 g/mol. The number of rotatable bonds is 6. The first-order chi connectivity index (χ1) is 12.6. The Balaban J connectivity index is 1.77. The van der Waals surface area contributed by atoms with Gasteiger partial charge in [0.15, 0.2) is 0 Å². The van der Waals surface area contributed by atoms with Crippen molar-refractivity contribution in [1.82, 2.24) is 0 Å². The van der Waals surface area contributed by atoms with Crippen LogP contribution in [0, 0.1) is 6.92 Å². The van der Waals surface area contributed by atoms with Crippen molar-refractivity contribution in [2.45, 2.75) is 25.1 Å². The van der Waals surface area contributed by atoms with E-state index < -0.39 is 0 Å². The fourth-order valence-corrected chi connectivity index (χ4v) is 4.25. The largest absolute Gasteiger partial charge is 0.326 e. The number of halogens is 1. The summed E-state index contributed by atoms with van der Waals surface area (Å²) in [5.74, 6) is 1.03. The van der Waals surface area contributed by atoms with E-state index in [0.717, 1.165) is 22.5 Å². The molecule has 1 fully saturated rings. The summed E-state index contributed by atoms with van der Waals surface area (Å²) in [6, 6.07) is 15.6. The maximum atomic E-state index is 12.5. The SMILES string of the molecule is Cc1ccccc1N1C(=O)CS[C@@H]1c1ccc(NC(=O)CCCCl)cc1. The van der Waals surface area contributed by atoms with E-state index in [1.54, 1.807) is 11.8 Å². The monoisotopic (exact) mass is 388 g/mol. The molecule has 1 heterocycles. The topological polar surface area (TPSA) is 49.4 Å². The lowest BCUT2D eigenvalue weighted by Crippen LogP contribution is -2.28. The molecule has 1 saturated heterocycles. The van der Waals surface area contributed by atoms with E-state index in [9.17, 15) is 9.59 Å². The highest BCUT2D eigenvalue weighted by Crippen LogP contribution is 2.42. The van der Waals surface area contributed by atoms with Gasteiger partial charge in [0.2, 0.25) is 11.8 Å². The van der Waals surface area contributed by atoms with Crippen molar-refractivity contribution >= 4 is 46.6 Å². The Morgan fingerprint density at radius 2 is 1.96 bits per heavy atom. The third-order valence-electron chi connectivity index (χ3n) is 4.26. The summed E-state index contributed by atoms with van der Waals surface area (Å²) in [7, 11) is 0. The predicted molar refractivity (Wildman–Crippen MR) is 109 cm³/mol. The number of alkyl halides is 1. The number of carbonyl (C=O) groups is 2. The van der Waals surface area contributed by atoms with Gasteiger partial charge >= 0.3 is 0 Å². The first kappa shape index (κ1) is 18.8. The van der Waals surface area contributed by atoms with E-state index in [2.05, 4.69) is 5.32 Å².